The number of aliphatic carboxylic acids is 1. The molecule has 13 heavy (non-hydrogen) atoms. The molecule has 1 N–H and O–H groups in total. The van der Waals surface area contributed by atoms with E-state index in [1.807, 2.05) is 13.0 Å². The van der Waals surface area contributed by atoms with Gasteiger partial charge in [-0.15, -0.1) is 0 Å². The highest BCUT2D eigenvalue weighted by atomic mass is 16.4. The van der Waals surface area contributed by atoms with E-state index in [4.69, 9.17) is 5.11 Å². The number of carbonyl (C=O) groups is 1. The van der Waals surface area contributed by atoms with Crippen molar-refractivity contribution in [2.45, 2.75) is 31.7 Å². The molecule has 0 bridgehead atoms. The quantitative estimate of drug-likeness (QED) is 0.755. The second-order valence-corrected chi connectivity index (χ2v) is 3.42. The van der Waals surface area contributed by atoms with Crippen LogP contribution in [0.25, 0.3) is 0 Å². The number of carboxylic acid groups (broad SMARTS) is 1. The van der Waals surface area contributed by atoms with Crippen LogP contribution in [-0.4, -0.2) is 20.9 Å². The molecule has 1 aliphatic rings. The van der Waals surface area contributed by atoms with E-state index in [9.17, 15) is 4.79 Å². The van der Waals surface area contributed by atoms with Gasteiger partial charge in [-0.1, -0.05) is 0 Å². The smallest absolute Gasteiger partial charge is 0.315 e. The molecule has 0 aromatic carbocycles. The number of hydrogen-bond acceptors (Lipinski definition) is 2. The average molecular weight is 180 g/mol. The summed E-state index contributed by atoms with van der Waals surface area (Å²) in [7, 11) is 0. The van der Waals surface area contributed by atoms with Gasteiger partial charge < -0.3 is 5.11 Å². The van der Waals surface area contributed by atoms with Crippen molar-refractivity contribution >= 4 is 5.97 Å². The van der Waals surface area contributed by atoms with Crippen LogP contribution in [0.15, 0.2) is 12.3 Å². The Kier molecular flexibility index (Phi) is 1.65. The summed E-state index contributed by atoms with van der Waals surface area (Å²) in [6.45, 7) is 2.70. The highest BCUT2D eigenvalue weighted by molar-refractivity contribution is 5.84. The number of aryl methyl sites for hydroxylation is 1. The van der Waals surface area contributed by atoms with Gasteiger partial charge in [0.1, 0.15) is 5.41 Å². The maximum absolute atomic E-state index is 11.0. The lowest BCUT2D eigenvalue weighted by atomic mass is 10.0. The maximum Gasteiger partial charge on any atom is 0.315 e. The Morgan fingerprint density at radius 1 is 1.77 bits per heavy atom. The fourth-order valence-electron chi connectivity index (χ4n) is 1.70. The number of nitrogens with zero attached hydrogens (tertiary/aromatic N) is 2. The molecule has 1 heterocycles. The Morgan fingerprint density at radius 3 is 2.92 bits per heavy atom. The standard InChI is InChI=1S/C9H12N2O2/c1-2-11-7(3-6-10-11)9(4-5-9)8(12)13/h3,6H,2,4-5H2,1H3,(H,12,13). The molecule has 1 aromatic heterocycles. The van der Waals surface area contributed by atoms with E-state index in [0.29, 0.717) is 0 Å². The van der Waals surface area contributed by atoms with E-state index in [2.05, 4.69) is 5.10 Å². The first-order valence-corrected chi connectivity index (χ1v) is 4.46. The number of carboxylic acids is 1. The SMILES string of the molecule is CCn1nccc1C1(C(=O)O)CC1. The van der Waals surface area contributed by atoms with Gasteiger partial charge in [0, 0.05) is 12.7 Å². The average Bonchev–Trinajstić information content (AvgIpc) is 2.78. The van der Waals surface area contributed by atoms with Gasteiger partial charge in [-0.25, -0.2) is 0 Å². The van der Waals surface area contributed by atoms with Crippen LogP contribution in [0.1, 0.15) is 25.5 Å². The summed E-state index contributed by atoms with van der Waals surface area (Å²) in [4.78, 5) is 11.0. The van der Waals surface area contributed by atoms with Gasteiger partial charge in [-0.05, 0) is 25.8 Å². The lowest BCUT2D eigenvalue weighted by Gasteiger charge is -2.11. The second-order valence-electron chi connectivity index (χ2n) is 3.42. The van der Waals surface area contributed by atoms with Crippen LogP contribution in [-0.2, 0) is 16.8 Å². The summed E-state index contributed by atoms with van der Waals surface area (Å²) in [6.07, 6.45) is 3.16. The fraction of sp³-hybridized carbons (Fsp3) is 0.556. The Morgan fingerprint density at radius 2 is 2.46 bits per heavy atom. The summed E-state index contributed by atoms with van der Waals surface area (Å²) in [6, 6.07) is 1.81. The first kappa shape index (κ1) is 8.29. The predicted molar refractivity (Wildman–Crippen MR) is 46.4 cm³/mol. The molecule has 0 spiro atoms. The molecule has 0 aliphatic heterocycles. The van der Waals surface area contributed by atoms with E-state index in [1.165, 1.54) is 0 Å². The van der Waals surface area contributed by atoms with E-state index < -0.39 is 11.4 Å². The monoisotopic (exact) mass is 180 g/mol. The minimum atomic E-state index is -0.720. The topological polar surface area (TPSA) is 55.1 Å². The second kappa shape index (κ2) is 2.58. The van der Waals surface area contributed by atoms with Crippen molar-refractivity contribution in [3.8, 4) is 0 Å². The molecule has 0 amide bonds. The molecule has 4 heteroatoms. The first-order valence-electron chi connectivity index (χ1n) is 4.46. The van der Waals surface area contributed by atoms with Crippen LogP contribution in [0, 0.1) is 0 Å². The normalized spacial score (nSPS) is 18.5. The van der Waals surface area contributed by atoms with Crippen molar-refractivity contribution in [1.29, 1.82) is 0 Å². The van der Waals surface area contributed by atoms with Crippen molar-refractivity contribution in [3.63, 3.8) is 0 Å². The van der Waals surface area contributed by atoms with Gasteiger partial charge >= 0.3 is 5.97 Å². The summed E-state index contributed by atoms with van der Waals surface area (Å²) < 4.78 is 1.76. The third kappa shape index (κ3) is 1.05. The third-order valence-electron chi connectivity index (χ3n) is 2.67. The minimum absolute atomic E-state index is 0.619. The molecule has 0 atom stereocenters. The van der Waals surface area contributed by atoms with Crippen molar-refractivity contribution in [1.82, 2.24) is 9.78 Å². The van der Waals surface area contributed by atoms with Crippen molar-refractivity contribution < 1.29 is 9.90 Å². The van der Waals surface area contributed by atoms with Crippen LogP contribution >= 0.6 is 0 Å². The minimum Gasteiger partial charge on any atom is -0.481 e. The Labute approximate surface area is 76.2 Å². The molecule has 4 nitrogen and oxygen atoms in total. The van der Waals surface area contributed by atoms with Gasteiger partial charge in [0.2, 0.25) is 0 Å². The molecular formula is C9H12N2O2. The molecule has 1 aliphatic carbocycles. The van der Waals surface area contributed by atoms with Gasteiger partial charge in [0.15, 0.2) is 0 Å². The Balaban J connectivity index is 2.40. The molecule has 0 radical (unpaired) electrons. The zero-order valence-electron chi connectivity index (χ0n) is 7.53. The van der Waals surface area contributed by atoms with Gasteiger partial charge in [-0.2, -0.15) is 5.10 Å². The fourth-order valence-corrected chi connectivity index (χ4v) is 1.70. The number of aromatic nitrogens is 2. The largest absolute Gasteiger partial charge is 0.481 e. The molecule has 1 saturated carbocycles. The maximum atomic E-state index is 11.0. The van der Waals surface area contributed by atoms with Crippen molar-refractivity contribution in [3.05, 3.63) is 18.0 Å². The number of hydrogen-bond donors (Lipinski definition) is 1. The van der Waals surface area contributed by atoms with E-state index in [1.54, 1.807) is 10.9 Å². The predicted octanol–water partition coefficient (Wildman–Crippen LogP) is 1.02. The lowest BCUT2D eigenvalue weighted by Crippen LogP contribution is -2.23. The van der Waals surface area contributed by atoms with Crippen LogP contribution < -0.4 is 0 Å². The molecule has 1 aromatic rings. The molecule has 2 rings (SSSR count). The van der Waals surface area contributed by atoms with Crippen LogP contribution in [0.2, 0.25) is 0 Å². The Hall–Kier alpha value is -1.32. The van der Waals surface area contributed by atoms with E-state index >= 15 is 0 Å². The van der Waals surface area contributed by atoms with E-state index in [-0.39, 0.29) is 0 Å². The molecule has 0 unspecified atom stereocenters. The summed E-state index contributed by atoms with van der Waals surface area (Å²) in [5.74, 6) is -0.720. The highest BCUT2D eigenvalue weighted by Gasteiger charge is 2.53. The van der Waals surface area contributed by atoms with Gasteiger partial charge in [0.05, 0.1) is 5.69 Å². The van der Waals surface area contributed by atoms with Crippen LogP contribution in [0.4, 0.5) is 0 Å². The van der Waals surface area contributed by atoms with E-state index in [0.717, 1.165) is 25.1 Å². The third-order valence-corrected chi connectivity index (χ3v) is 2.67. The highest BCUT2D eigenvalue weighted by Crippen LogP contribution is 2.48. The first-order chi connectivity index (χ1) is 6.20. The molecule has 70 valence electrons. The summed E-state index contributed by atoms with van der Waals surface area (Å²) >= 11 is 0. The summed E-state index contributed by atoms with van der Waals surface area (Å²) in [5, 5.41) is 13.1. The number of rotatable bonds is 3. The molecule has 0 saturated heterocycles. The van der Waals surface area contributed by atoms with Crippen molar-refractivity contribution in [2.75, 3.05) is 0 Å². The lowest BCUT2D eigenvalue weighted by molar-refractivity contribution is -0.140. The molecular weight excluding hydrogens is 168 g/mol. The van der Waals surface area contributed by atoms with Crippen molar-refractivity contribution in [2.24, 2.45) is 0 Å². The zero-order valence-corrected chi connectivity index (χ0v) is 7.53. The zero-order chi connectivity index (χ0) is 9.47. The van der Waals surface area contributed by atoms with Gasteiger partial charge in [0.25, 0.3) is 0 Å². The molecule has 1 fully saturated rings. The Bertz CT molecular complexity index is 339. The summed E-state index contributed by atoms with van der Waals surface area (Å²) in [5.41, 5.74) is 0.231. The van der Waals surface area contributed by atoms with Gasteiger partial charge in [-0.3, -0.25) is 9.48 Å². The van der Waals surface area contributed by atoms with Crippen LogP contribution in [0.5, 0.6) is 0 Å². The van der Waals surface area contributed by atoms with Crippen LogP contribution in [0.3, 0.4) is 0 Å².